The van der Waals surface area contributed by atoms with Crippen molar-refractivity contribution in [1.82, 2.24) is 20.4 Å². The van der Waals surface area contributed by atoms with Crippen molar-refractivity contribution in [1.29, 1.82) is 0 Å². The van der Waals surface area contributed by atoms with E-state index in [2.05, 4.69) is 31.7 Å². The van der Waals surface area contributed by atoms with Gasteiger partial charge in [0.05, 0.1) is 11.7 Å². The molecule has 0 aliphatic carbocycles. The van der Waals surface area contributed by atoms with Gasteiger partial charge in [-0.1, -0.05) is 5.21 Å². The van der Waals surface area contributed by atoms with Crippen LogP contribution in [0.25, 0.3) is 0 Å². The lowest BCUT2D eigenvalue weighted by Gasteiger charge is -2.16. The highest BCUT2D eigenvalue weighted by Gasteiger charge is 2.26. The Morgan fingerprint density at radius 3 is 2.39 bits per heavy atom. The molecule has 1 unspecified atom stereocenters. The van der Waals surface area contributed by atoms with Crippen LogP contribution in [0, 0.1) is 20.8 Å². The molecule has 0 saturated carbocycles. The molecule has 0 spiro atoms. The summed E-state index contributed by atoms with van der Waals surface area (Å²) in [6.07, 6.45) is 0. The van der Waals surface area contributed by atoms with Gasteiger partial charge in [0, 0.05) is 12.6 Å². The van der Waals surface area contributed by atoms with E-state index in [4.69, 9.17) is 10.3 Å². The van der Waals surface area contributed by atoms with Crippen LogP contribution in [-0.2, 0) is 7.05 Å². The smallest absolute Gasteiger partial charge is 0.153 e. The van der Waals surface area contributed by atoms with E-state index in [0.29, 0.717) is 4.60 Å². The third-order valence-corrected chi connectivity index (χ3v) is 3.74. The fourth-order valence-electron chi connectivity index (χ4n) is 2.18. The quantitative estimate of drug-likeness (QED) is 0.665. The molecule has 6 nitrogen and oxygen atoms in total. The van der Waals surface area contributed by atoms with E-state index in [1.807, 2.05) is 27.8 Å². The molecule has 0 amide bonds. The molecule has 2 aromatic heterocycles. The van der Waals surface area contributed by atoms with Crippen LogP contribution >= 0.6 is 15.9 Å². The summed E-state index contributed by atoms with van der Waals surface area (Å²) < 4.78 is 8.01. The fraction of sp³-hybridized carbons (Fsp3) is 0.455. The van der Waals surface area contributed by atoms with Gasteiger partial charge in [-0.2, -0.15) is 0 Å². The fourth-order valence-corrected chi connectivity index (χ4v) is 2.74. The maximum absolute atomic E-state index is 5.70. The predicted octanol–water partition coefficient (Wildman–Crippen LogP) is 1.65. The molecule has 0 fully saturated rings. The number of nitrogens with two attached hydrogens (primary N) is 1. The first-order chi connectivity index (χ1) is 8.47. The Kier molecular flexibility index (Phi) is 3.56. The van der Waals surface area contributed by atoms with Crippen molar-refractivity contribution >= 4 is 15.9 Å². The van der Waals surface area contributed by atoms with Crippen molar-refractivity contribution < 1.29 is 4.42 Å². The molecule has 0 aliphatic heterocycles. The summed E-state index contributed by atoms with van der Waals surface area (Å²) >= 11 is 3.39. The van der Waals surface area contributed by atoms with Gasteiger partial charge < -0.3 is 4.42 Å². The van der Waals surface area contributed by atoms with E-state index in [1.54, 1.807) is 4.68 Å². The number of rotatable bonds is 3. The molecule has 0 aromatic carbocycles. The first-order valence-corrected chi connectivity index (χ1v) is 6.34. The van der Waals surface area contributed by atoms with Crippen LogP contribution in [0.5, 0.6) is 0 Å². The van der Waals surface area contributed by atoms with E-state index in [-0.39, 0.29) is 6.04 Å². The first kappa shape index (κ1) is 13.3. The highest BCUT2D eigenvalue weighted by atomic mass is 79.9. The summed E-state index contributed by atoms with van der Waals surface area (Å²) in [6.45, 7) is 5.89. The van der Waals surface area contributed by atoms with Crippen LogP contribution in [0.1, 0.15) is 34.4 Å². The van der Waals surface area contributed by atoms with Crippen molar-refractivity contribution in [2.75, 3.05) is 0 Å². The normalized spacial score (nSPS) is 13.0. The molecular formula is C11H16BrN5O. The van der Waals surface area contributed by atoms with Gasteiger partial charge in [-0.15, -0.1) is 5.10 Å². The maximum Gasteiger partial charge on any atom is 0.153 e. The SMILES string of the molecule is Cc1oc(C)c(C(NN)c2c(Br)nnn2C)c1C. The lowest BCUT2D eigenvalue weighted by molar-refractivity contribution is 0.490. The molecule has 2 rings (SSSR count). The lowest BCUT2D eigenvalue weighted by Crippen LogP contribution is -2.31. The van der Waals surface area contributed by atoms with Crippen molar-refractivity contribution in [3.63, 3.8) is 0 Å². The summed E-state index contributed by atoms with van der Waals surface area (Å²) in [4.78, 5) is 0. The summed E-state index contributed by atoms with van der Waals surface area (Å²) in [7, 11) is 1.83. The van der Waals surface area contributed by atoms with Crippen molar-refractivity contribution in [2.45, 2.75) is 26.8 Å². The number of hydrogen-bond acceptors (Lipinski definition) is 5. The topological polar surface area (TPSA) is 81.9 Å². The second-order valence-corrected chi connectivity index (χ2v) is 4.99. The zero-order valence-electron chi connectivity index (χ0n) is 10.8. The largest absolute Gasteiger partial charge is 0.466 e. The highest BCUT2D eigenvalue weighted by Crippen LogP contribution is 2.33. The Hall–Kier alpha value is -1.18. The molecule has 2 aromatic rings. The molecule has 0 saturated heterocycles. The number of aromatic nitrogens is 3. The van der Waals surface area contributed by atoms with Crippen LogP contribution in [0.15, 0.2) is 9.02 Å². The Morgan fingerprint density at radius 2 is 2.00 bits per heavy atom. The van der Waals surface area contributed by atoms with Gasteiger partial charge >= 0.3 is 0 Å². The van der Waals surface area contributed by atoms with Gasteiger partial charge in [0.1, 0.15) is 11.5 Å². The van der Waals surface area contributed by atoms with Crippen LogP contribution in [0.4, 0.5) is 0 Å². The minimum Gasteiger partial charge on any atom is -0.466 e. The average Bonchev–Trinajstić information content (AvgIpc) is 2.76. The number of hydrogen-bond donors (Lipinski definition) is 2. The van der Waals surface area contributed by atoms with Gasteiger partial charge in [0.2, 0.25) is 0 Å². The van der Waals surface area contributed by atoms with Crippen molar-refractivity contribution in [3.05, 3.63) is 32.9 Å². The molecular weight excluding hydrogens is 298 g/mol. The lowest BCUT2D eigenvalue weighted by atomic mass is 10.0. The third-order valence-electron chi connectivity index (χ3n) is 3.17. The molecule has 18 heavy (non-hydrogen) atoms. The van der Waals surface area contributed by atoms with Gasteiger partial charge in [-0.05, 0) is 42.3 Å². The van der Waals surface area contributed by atoms with Gasteiger partial charge in [-0.25, -0.2) is 10.1 Å². The summed E-state index contributed by atoms with van der Waals surface area (Å²) in [5.74, 6) is 7.44. The summed E-state index contributed by atoms with van der Waals surface area (Å²) in [6, 6.07) is -0.211. The standard InChI is InChI=1S/C11H16BrN5O/c1-5-6(2)18-7(3)8(5)9(14-13)10-11(12)15-16-17(10)4/h9,14H,13H2,1-4H3. The second kappa shape index (κ2) is 4.83. The van der Waals surface area contributed by atoms with E-state index in [9.17, 15) is 0 Å². The van der Waals surface area contributed by atoms with E-state index >= 15 is 0 Å². The van der Waals surface area contributed by atoms with Gasteiger partial charge in [0.25, 0.3) is 0 Å². The second-order valence-electron chi connectivity index (χ2n) is 4.24. The van der Waals surface area contributed by atoms with Crippen LogP contribution < -0.4 is 11.3 Å². The maximum atomic E-state index is 5.70. The zero-order valence-corrected chi connectivity index (χ0v) is 12.4. The van der Waals surface area contributed by atoms with E-state index in [1.165, 1.54) is 0 Å². The molecule has 3 N–H and O–H groups in total. The number of hydrazine groups is 1. The first-order valence-electron chi connectivity index (χ1n) is 5.55. The number of nitrogens with one attached hydrogen (secondary N) is 1. The number of furan rings is 1. The van der Waals surface area contributed by atoms with Gasteiger partial charge in [0.15, 0.2) is 4.60 Å². The number of aryl methyl sites for hydroxylation is 3. The highest BCUT2D eigenvalue weighted by molar-refractivity contribution is 9.10. The van der Waals surface area contributed by atoms with Crippen LogP contribution in [-0.4, -0.2) is 15.0 Å². The Labute approximate surface area is 114 Å². The molecule has 0 aliphatic rings. The molecule has 7 heteroatoms. The molecule has 1 atom stereocenters. The van der Waals surface area contributed by atoms with E-state index in [0.717, 1.165) is 28.3 Å². The van der Waals surface area contributed by atoms with Crippen molar-refractivity contribution in [2.24, 2.45) is 12.9 Å². The molecule has 0 bridgehead atoms. The Bertz CT molecular complexity index is 555. The number of halogens is 1. The minimum absolute atomic E-state index is 0.211. The zero-order chi connectivity index (χ0) is 13.4. The Balaban J connectivity index is 2.59. The monoisotopic (exact) mass is 313 g/mol. The minimum atomic E-state index is -0.211. The van der Waals surface area contributed by atoms with Crippen LogP contribution in [0.3, 0.4) is 0 Å². The molecule has 0 radical (unpaired) electrons. The Morgan fingerprint density at radius 1 is 1.33 bits per heavy atom. The predicted molar refractivity (Wildman–Crippen MR) is 70.8 cm³/mol. The average molecular weight is 314 g/mol. The molecule has 98 valence electrons. The summed E-state index contributed by atoms with van der Waals surface area (Å²) in [5.41, 5.74) is 5.79. The van der Waals surface area contributed by atoms with E-state index < -0.39 is 0 Å². The summed E-state index contributed by atoms with van der Waals surface area (Å²) in [5, 5.41) is 7.95. The molecule has 2 heterocycles. The van der Waals surface area contributed by atoms with Gasteiger partial charge in [-0.3, -0.25) is 5.84 Å². The number of nitrogens with zero attached hydrogens (tertiary/aromatic N) is 3. The third kappa shape index (κ3) is 1.98. The van der Waals surface area contributed by atoms with Crippen LogP contribution in [0.2, 0.25) is 0 Å². The van der Waals surface area contributed by atoms with Crippen molar-refractivity contribution in [3.8, 4) is 0 Å².